The van der Waals surface area contributed by atoms with Gasteiger partial charge in [-0.05, 0) is 32.3 Å². The third-order valence-corrected chi connectivity index (χ3v) is 3.92. The van der Waals surface area contributed by atoms with Crippen molar-refractivity contribution in [2.75, 3.05) is 40.3 Å². The van der Waals surface area contributed by atoms with Crippen molar-refractivity contribution in [2.24, 2.45) is 0 Å². The molecule has 1 atom stereocenters. The zero-order valence-corrected chi connectivity index (χ0v) is 12.5. The van der Waals surface area contributed by atoms with E-state index in [1.54, 1.807) is 6.07 Å². The van der Waals surface area contributed by atoms with Crippen LogP contribution in [0.5, 0.6) is 5.75 Å². The topological polar surface area (TPSA) is 55.8 Å². The van der Waals surface area contributed by atoms with Crippen molar-refractivity contribution in [3.63, 3.8) is 0 Å². The molecule has 0 aliphatic carbocycles. The van der Waals surface area contributed by atoms with Crippen molar-refractivity contribution < 1.29 is 9.90 Å². The molecule has 1 aliphatic heterocycles. The summed E-state index contributed by atoms with van der Waals surface area (Å²) in [5, 5.41) is 13.0. The number of halogens is 1. The van der Waals surface area contributed by atoms with Crippen LogP contribution in [0.1, 0.15) is 10.4 Å². The van der Waals surface area contributed by atoms with Gasteiger partial charge in [-0.25, -0.2) is 0 Å². The number of nitrogens with one attached hydrogen (secondary N) is 1. The van der Waals surface area contributed by atoms with E-state index in [9.17, 15) is 9.90 Å². The summed E-state index contributed by atoms with van der Waals surface area (Å²) in [6, 6.07) is 4.78. The van der Waals surface area contributed by atoms with Gasteiger partial charge in [-0.1, -0.05) is 11.6 Å². The molecule has 0 bridgehead atoms. The smallest absolute Gasteiger partial charge is 0.255 e. The fourth-order valence-electron chi connectivity index (χ4n) is 2.32. The van der Waals surface area contributed by atoms with E-state index < -0.39 is 0 Å². The lowest BCUT2D eigenvalue weighted by Gasteiger charge is -2.37. The van der Waals surface area contributed by atoms with Crippen molar-refractivity contribution in [1.82, 2.24) is 15.1 Å². The maximum atomic E-state index is 12.1. The number of benzene rings is 1. The maximum Gasteiger partial charge on any atom is 0.255 e. The number of carbonyl (C=O) groups excluding carboxylic acids is 1. The number of phenolic OH excluding ortho intramolecular Hbond substituents is 1. The summed E-state index contributed by atoms with van der Waals surface area (Å²) >= 11 is 5.75. The summed E-state index contributed by atoms with van der Waals surface area (Å²) in [5.74, 6) is -0.370. The van der Waals surface area contributed by atoms with E-state index in [4.69, 9.17) is 11.6 Å². The predicted octanol–water partition coefficient (Wildman–Crippen LogP) is 1.02. The van der Waals surface area contributed by atoms with Crippen LogP contribution >= 0.6 is 11.6 Å². The third kappa shape index (κ3) is 3.62. The van der Waals surface area contributed by atoms with Crippen LogP contribution in [0.15, 0.2) is 18.2 Å². The van der Waals surface area contributed by atoms with Crippen LogP contribution in [0, 0.1) is 0 Å². The normalized spacial score (nSPS) is 20.9. The number of rotatable bonds is 3. The van der Waals surface area contributed by atoms with Gasteiger partial charge in [0.05, 0.1) is 5.56 Å². The van der Waals surface area contributed by atoms with Gasteiger partial charge in [0.25, 0.3) is 5.91 Å². The first-order chi connectivity index (χ1) is 9.47. The molecule has 20 heavy (non-hydrogen) atoms. The molecule has 1 aliphatic rings. The molecule has 1 aromatic rings. The minimum absolute atomic E-state index is 0.0934. The van der Waals surface area contributed by atoms with Gasteiger partial charge in [-0.3, -0.25) is 9.69 Å². The van der Waals surface area contributed by atoms with Crippen LogP contribution in [0.4, 0.5) is 0 Å². The molecule has 110 valence electrons. The second-order valence-corrected chi connectivity index (χ2v) is 5.70. The molecular formula is C14H20ClN3O2. The Bertz CT molecular complexity index is 495. The first-order valence-electron chi connectivity index (χ1n) is 6.63. The highest BCUT2D eigenvalue weighted by Crippen LogP contribution is 2.21. The van der Waals surface area contributed by atoms with Gasteiger partial charge in [-0.15, -0.1) is 0 Å². The lowest BCUT2D eigenvalue weighted by molar-refractivity contribution is 0.0879. The van der Waals surface area contributed by atoms with Crippen LogP contribution in [-0.2, 0) is 0 Å². The van der Waals surface area contributed by atoms with E-state index in [-0.39, 0.29) is 23.3 Å². The Balaban J connectivity index is 1.94. The summed E-state index contributed by atoms with van der Waals surface area (Å²) in [5.41, 5.74) is 0.251. The van der Waals surface area contributed by atoms with Crippen molar-refractivity contribution >= 4 is 17.5 Å². The van der Waals surface area contributed by atoms with E-state index in [0.29, 0.717) is 11.6 Å². The number of aromatic hydroxyl groups is 1. The highest BCUT2D eigenvalue weighted by Gasteiger charge is 2.23. The van der Waals surface area contributed by atoms with Crippen molar-refractivity contribution in [1.29, 1.82) is 0 Å². The highest BCUT2D eigenvalue weighted by molar-refractivity contribution is 6.30. The number of hydrogen-bond acceptors (Lipinski definition) is 4. The number of phenols is 1. The fraction of sp³-hybridized carbons (Fsp3) is 0.500. The standard InChI is InChI=1S/C14H20ClN3O2/c1-17-5-6-18(2)11(9-17)8-16-14(20)12-4-3-10(15)7-13(12)19/h3-4,7,11,19H,5-6,8-9H2,1-2H3,(H,16,20). The molecule has 0 aromatic heterocycles. The van der Waals surface area contributed by atoms with Gasteiger partial charge >= 0.3 is 0 Å². The summed E-state index contributed by atoms with van der Waals surface area (Å²) in [7, 11) is 4.14. The molecule has 5 nitrogen and oxygen atoms in total. The van der Waals surface area contributed by atoms with Crippen LogP contribution in [0.3, 0.4) is 0 Å². The Morgan fingerprint density at radius 3 is 2.90 bits per heavy atom. The quantitative estimate of drug-likeness (QED) is 0.875. The first-order valence-corrected chi connectivity index (χ1v) is 7.00. The van der Waals surface area contributed by atoms with Crippen LogP contribution < -0.4 is 5.32 Å². The monoisotopic (exact) mass is 297 g/mol. The van der Waals surface area contributed by atoms with Crippen molar-refractivity contribution in [2.45, 2.75) is 6.04 Å². The Hall–Kier alpha value is -1.30. The molecular weight excluding hydrogens is 278 g/mol. The second kappa shape index (κ2) is 6.43. The van der Waals surface area contributed by atoms with Crippen LogP contribution in [0.25, 0.3) is 0 Å². The molecule has 0 radical (unpaired) electrons. The number of nitrogens with zero attached hydrogens (tertiary/aromatic N) is 2. The number of likely N-dealkylation sites (N-methyl/N-ethyl adjacent to an activating group) is 2. The Kier molecular flexibility index (Phi) is 4.86. The van der Waals surface area contributed by atoms with E-state index in [1.165, 1.54) is 12.1 Å². The van der Waals surface area contributed by atoms with Gasteiger partial charge in [0.2, 0.25) is 0 Å². The number of amides is 1. The van der Waals surface area contributed by atoms with Crippen molar-refractivity contribution in [3.05, 3.63) is 28.8 Å². The first kappa shape index (κ1) is 15.1. The summed E-state index contributed by atoms with van der Waals surface area (Å²) < 4.78 is 0. The molecule has 0 spiro atoms. The molecule has 1 unspecified atom stereocenters. The van der Waals surface area contributed by atoms with Gasteiger partial charge in [0.1, 0.15) is 5.75 Å². The minimum atomic E-state index is -0.277. The summed E-state index contributed by atoms with van der Waals surface area (Å²) in [6.07, 6.45) is 0. The summed E-state index contributed by atoms with van der Waals surface area (Å²) in [6.45, 7) is 3.51. The molecule has 1 heterocycles. The Labute approximate surface area is 124 Å². The van der Waals surface area contributed by atoms with Gasteiger partial charge in [0, 0.05) is 37.2 Å². The molecule has 2 N–H and O–H groups in total. The van der Waals surface area contributed by atoms with E-state index >= 15 is 0 Å². The van der Waals surface area contributed by atoms with E-state index in [0.717, 1.165) is 19.6 Å². The molecule has 0 saturated carbocycles. The lowest BCUT2D eigenvalue weighted by atomic mass is 10.1. The van der Waals surface area contributed by atoms with Crippen LogP contribution in [0.2, 0.25) is 5.02 Å². The third-order valence-electron chi connectivity index (χ3n) is 3.68. The molecule has 1 saturated heterocycles. The molecule has 6 heteroatoms. The zero-order valence-electron chi connectivity index (χ0n) is 11.8. The number of carbonyl (C=O) groups is 1. The average molecular weight is 298 g/mol. The Morgan fingerprint density at radius 2 is 2.20 bits per heavy atom. The fourth-order valence-corrected chi connectivity index (χ4v) is 2.49. The lowest BCUT2D eigenvalue weighted by Crippen LogP contribution is -2.54. The van der Waals surface area contributed by atoms with Gasteiger partial charge < -0.3 is 15.3 Å². The SMILES string of the molecule is CN1CCN(C)C(CNC(=O)c2ccc(Cl)cc2O)C1. The van der Waals surface area contributed by atoms with Crippen molar-refractivity contribution in [3.8, 4) is 5.75 Å². The average Bonchev–Trinajstić information content (AvgIpc) is 2.39. The second-order valence-electron chi connectivity index (χ2n) is 5.27. The molecule has 1 amide bonds. The van der Waals surface area contributed by atoms with E-state index in [2.05, 4.69) is 29.2 Å². The van der Waals surface area contributed by atoms with E-state index in [1.807, 2.05) is 0 Å². The Morgan fingerprint density at radius 1 is 1.45 bits per heavy atom. The highest BCUT2D eigenvalue weighted by atomic mass is 35.5. The van der Waals surface area contributed by atoms with Crippen LogP contribution in [-0.4, -0.2) is 67.1 Å². The van der Waals surface area contributed by atoms with Gasteiger partial charge in [-0.2, -0.15) is 0 Å². The predicted molar refractivity (Wildman–Crippen MR) is 79.4 cm³/mol. The molecule has 1 fully saturated rings. The number of hydrogen-bond donors (Lipinski definition) is 2. The zero-order chi connectivity index (χ0) is 14.7. The minimum Gasteiger partial charge on any atom is -0.507 e. The molecule has 1 aromatic carbocycles. The maximum absolute atomic E-state index is 12.1. The summed E-state index contributed by atoms with van der Waals surface area (Å²) in [4.78, 5) is 16.5. The number of piperazine rings is 1. The molecule has 2 rings (SSSR count). The van der Waals surface area contributed by atoms with Gasteiger partial charge in [0.15, 0.2) is 0 Å². The largest absolute Gasteiger partial charge is 0.507 e.